The summed E-state index contributed by atoms with van der Waals surface area (Å²) in [7, 11) is 0. The quantitative estimate of drug-likeness (QED) is 0.914. The molecule has 1 N–H and O–H groups in total. The minimum atomic E-state index is 0.491. The van der Waals surface area contributed by atoms with Gasteiger partial charge in [-0.25, -0.2) is 9.97 Å². The second-order valence-electron chi connectivity index (χ2n) is 6.28. The molecule has 22 heavy (non-hydrogen) atoms. The Hall–Kier alpha value is -1.95. The predicted molar refractivity (Wildman–Crippen MR) is 82.4 cm³/mol. The lowest BCUT2D eigenvalue weighted by atomic mass is 10.0. The minimum absolute atomic E-state index is 0.491. The van der Waals surface area contributed by atoms with Crippen LogP contribution in [0.1, 0.15) is 43.1 Å². The van der Waals surface area contributed by atoms with Crippen LogP contribution in [0.15, 0.2) is 29.2 Å². The average Bonchev–Trinajstić information content (AvgIpc) is 3.30. The molecule has 6 heteroatoms. The standard InChI is InChI=1S/C16H21N5O/c1-2-12(1)15-9-14(20-22-15)10-21-7-4-13(5-8-21)19-16-3-6-17-11-18-16/h3,6,9,11-13H,1-2,4-5,7-8,10H2,(H,17,18,19). The summed E-state index contributed by atoms with van der Waals surface area (Å²) in [6.07, 6.45) is 8.12. The van der Waals surface area contributed by atoms with Gasteiger partial charge in [0.25, 0.3) is 0 Å². The van der Waals surface area contributed by atoms with E-state index in [0.29, 0.717) is 12.0 Å². The average molecular weight is 299 g/mol. The van der Waals surface area contributed by atoms with Crippen LogP contribution in [0.3, 0.4) is 0 Å². The second-order valence-corrected chi connectivity index (χ2v) is 6.28. The largest absolute Gasteiger partial charge is 0.367 e. The van der Waals surface area contributed by atoms with E-state index in [1.165, 1.54) is 12.8 Å². The van der Waals surface area contributed by atoms with E-state index in [1.807, 2.05) is 6.07 Å². The van der Waals surface area contributed by atoms with Crippen LogP contribution in [0.4, 0.5) is 5.82 Å². The molecule has 0 radical (unpaired) electrons. The van der Waals surface area contributed by atoms with E-state index in [-0.39, 0.29) is 0 Å². The van der Waals surface area contributed by atoms with Crippen LogP contribution < -0.4 is 5.32 Å². The lowest BCUT2D eigenvalue weighted by Gasteiger charge is -2.31. The summed E-state index contributed by atoms with van der Waals surface area (Å²) in [5.41, 5.74) is 1.07. The van der Waals surface area contributed by atoms with E-state index in [4.69, 9.17) is 4.52 Å². The molecule has 0 unspecified atom stereocenters. The van der Waals surface area contributed by atoms with Crippen LogP contribution in [0.5, 0.6) is 0 Å². The molecule has 6 nitrogen and oxygen atoms in total. The highest BCUT2D eigenvalue weighted by Gasteiger charge is 2.28. The lowest BCUT2D eigenvalue weighted by molar-refractivity contribution is 0.205. The van der Waals surface area contributed by atoms with Crippen molar-refractivity contribution in [3.63, 3.8) is 0 Å². The topological polar surface area (TPSA) is 67.1 Å². The van der Waals surface area contributed by atoms with Crippen LogP contribution in [-0.4, -0.2) is 39.2 Å². The molecule has 4 rings (SSSR count). The van der Waals surface area contributed by atoms with Gasteiger partial charge in [0.05, 0.1) is 5.69 Å². The first-order valence-corrected chi connectivity index (χ1v) is 8.07. The van der Waals surface area contributed by atoms with E-state index < -0.39 is 0 Å². The monoisotopic (exact) mass is 299 g/mol. The first kappa shape index (κ1) is 13.7. The van der Waals surface area contributed by atoms with Crippen molar-refractivity contribution in [2.24, 2.45) is 0 Å². The number of hydrogen-bond acceptors (Lipinski definition) is 6. The summed E-state index contributed by atoms with van der Waals surface area (Å²) < 4.78 is 5.43. The highest BCUT2D eigenvalue weighted by Crippen LogP contribution is 2.40. The lowest BCUT2D eigenvalue weighted by Crippen LogP contribution is -2.38. The molecule has 2 aromatic heterocycles. The maximum Gasteiger partial charge on any atom is 0.140 e. The van der Waals surface area contributed by atoms with Gasteiger partial charge in [0.1, 0.15) is 17.9 Å². The Bertz CT molecular complexity index is 602. The first-order valence-electron chi connectivity index (χ1n) is 8.07. The van der Waals surface area contributed by atoms with E-state index in [0.717, 1.165) is 49.7 Å². The van der Waals surface area contributed by atoms with Gasteiger partial charge in [0.2, 0.25) is 0 Å². The summed E-state index contributed by atoms with van der Waals surface area (Å²) in [5.74, 6) is 2.64. The molecule has 1 saturated heterocycles. The zero-order valence-electron chi connectivity index (χ0n) is 12.6. The third-order valence-corrected chi connectivity index (χ3v) is 4.46. The van der Waals surface area contributed by atoms with Gasteiger partial charge < -0.3 is 9.84 Å². The van der Waals surface area contributed by atoms with Gasteiger partial charge in [-0.05, 0) is 31.7 Å². The number of nitrogens with zero attached hydrogens (tertiary/aromatic N) is 4. The van der Waals surface area contributed by atoms with Gasteiger partial charge in [-0.2, -0.15) is 0 Å². The zero-order valence-corrected chi connectivity index (χ0v) is 12.6. The maximum atomic E-state index is 5.43. The van der Waals surface area contributed by atoms with Crippen molar-refractivity contribution >= 4 is 5.82 Å². The van der Waals surface area contributed by atoms with Gasteiger partial charge in [-0.1, -0.05) is 5.16 Å². The molecular weight excluding hydrogens is 278 g/mol. The number of aromatic nitrogens is 3. The maximum absolute atomic E-state index is 5.43. The van der Waals surface area contributed by atoms with Crippen LogP contribution in [0.2, 0.25) is 0 Å². The van der Waals surface area contributed by atoms with Gasteiger partial charge in [-0.3, -0.25) is 4.90 Å². The Morgan fingerprint density at radius 2 is 2.09 bits per heavy atom. The van der Waals surface area contributed by atoms with Crippen molar-refractivity contribution < 1.29 is 4.52 Å². The Kier molecular flexibility index (Phi) is 3.76. The Labute approximate surface area is 129 Å². The number of nitrogens with one attached hydrogen (secondary N) is 1. The molecule has 2 aliphatic rings. The normalized spacial score (nSPS) is 20.2. The molecule has 2 aromatic rings. The van der Waals surface area contributed by atoms with E-state index in [1.54, 1.807) is 12.5 Å². The predicted octanol–water partition coefficient (Wildman–Crippen LogP) is 2.42. The number of likely N-dealkylation sites (tertiary alicyclic amines) is 1. The molecule has 0 aromatic carbocycles. The third-order valence-electron chi connectivity index (χ3n) is 4.46. The summed E-state index contributed by atoms with van der Waals surface area (Å²) in [4.78, 5) is 10.6. The van der Waals surface area contributed by atoms with Crippen LogP contribution >= 0.6 is 0 Å². The minimum Gasteiger partial charge on any atom is -0.367 e. The molecule has 0 atom stereocenters. The fraction of sp³-hybridized carbons (Fsp3) is 0.562. The SMILES string of the molecule is c1cc(NC2CCN(Cc3cc(C4CC4)on3)CC2)ncn1. The van der Waals surface area contributed by atoms with E-state index in [9.17, 15) is 0 Å². The van der Waals surface area contributed by atoms with E-state index >= 15 is 0 Å². The fourth-order valence-corrected chi connectivity index (χ4v) is 3.01. The van der Waals surface area contributed by atoms with Crippen molar-refractivity contribution in [2.45, 2.75) is 44.2 Å². The second kappa shape index (κ2) is 6.04. The highest BCUT2D eigenvalue weighted by atomic mass is 16.5. The summed E-state index contributed by atoms with van der Waals surface area (Å²) in [6, 6.07) is 4.55. The fourth-order valence-electron chi connectivity index (χ4n) is 3.01. The molecule has 1 saturated carbocycles. The highest BCUT2D eigenvalue weighted by molar-refractivity contribution is 5.33. The van der Waals surface area contributed by atoms with Gasteiger partial charge in [0.15, 0.2) is 0 Å². The summed E-state index contributed by atoms with van der Waals surface area (Å²) in [6.45, 7) is 3.05. The molecule has 0 amide bonds. The molecule has 1 aliphatic carbocycles. The molecule has 0 bridgehead atoms. The van der Waals surface area contributed by atoms with Crippen molar-refractivity contribution in [1.29, 1.82) is 0 Å². The molecular formula is C16H21N5O. The summed E-state index contributed by atoms with van der Waals surface area (Å²) in [5, 5.41) is 7.69. The number of rotatable bonds is 5. The molecule has 3 heterocycles. The number of piperidine rings is 1. The van der Waals surface area contributed by atoms with Gasteiger partial charge in [0, 0.05) is 43.9 Å². The van der Waals surface area contributed by atoms with Crippen molar-refractivity contribution in [3.05, 3.63) is 36.1 Å². The van der Waals surface area contributed by atoms with Crippen LogP contribution in [-0.2, 0) is 6.54 Å². The van der Waals surface area contributed by atoms with Crippen molar-refractivity contribution in [3.8, 4) is 0 Å². The van der Waals surface area contributed by atoms with E-state index in [2.05, 4.69) is 31.4 Å². The molecule has 0 spiro atoms. The Balaban J connectivity index is 1.26. The summed E-state index contributed by atoms with van der Waals surface area (Å²) >= 11 is 0. The van der Waals surface area contributed by atoms with Crippen LogP contribution in [0, 0.1) is 0 Å². The number of anilines is 1. The van der Waals surface area contributed by atoms with Crippen molar-refractivity contribution in [2.75, 3.05) is 18.4 Å². The van der Waals surface area contributed by atoms with Crippen molar-refractivity contribution in [1.82, 2.24) is 20.0 Å². The van der Waals surface area contributed by atoms with Crippen LogP contribution in [0.25, 0.3) is 0 Å². The molecule has 116 valence electrons. The van der Waals surface area contributed by atoms with Gasteiger partial charge >= 0.3 is 0 Å². The third kappa shape index (κ3) is 3.27. The Morgan fingerprint density at radius 3 is 2.82 bits per heavy atom. The first-order chi connectivity index (χ1) is 10.9. The molecule has 2 fully saturated rings. The smallest absolute Gasteiger partial charge is 0.140 e. The molecule has 1 aliphatic heterocycles. The zero-order chi connectivity index (χ0) is 14.8. The Morgan fingerprint density at radius 1 is 1.23 bits per heavy atom. The van der Waals surface area contributed by atoms with Gasteiger partial charge in [-0.15, -0.1) is 0 Å². The number of hydrogen-bond donors (Lipinski definition) is 1.